The summed E-state index contributed by atoms with van der Waals surface area (Å²) in [6.07, 6.45) is 3.15. The largest absolute Gasteiger partial charge is 0.376 e. The minimum absolute atomic E-state index is 0.0336. The topological polar surface area (TPSA) is 59.4 Å². The Labute approximate surface area is 132 Å². The van der Waals surface area contributed by atoms with Crippen LogP contribution in [0.1, 0.15) is 36.7 Å². The highest BCUT2D eigenvalue weighted by Gasteiger charge is 2.18. The van der Waals surface area contributed by atoms with Gasteiger partial charge in [-0.3, -0.25) is 4.68 Å². The second kappa shape index (κ2) is 7.63. The zero-order valence-electron chi connectivity index (χ0n) is 14.2. The minimum Gasteiger partial charge on any atom is -0.376 e. The molecule has 1 aromatic heterocycles. The van der Waals surface area contributed by atoms with Gasteiger partial charge in [-0.25, -0.2) is 4.79 Å². The molecule has 6 nitrogen and oxygen atoms in total. The number of aryl methyl sites for hydroxylation is 2. The Morgan fingerprint density at radius 1 is 1.50 bits per heavy atom. The fourth-order valence-corrected chi connectivity index (χ4v) is 2.93. The molecular formula is C16H28N4O2. The van der Waals surface area contributed by atoms with E-state index in [1.807, 2.05) is 18.7 Å². The summed E-state index contributed by atoms with van der Waals surface area (Å²) < 4.78 is 7.53. The number of nitrogens with one attached hydrogen (secondary N) is 1. The average molecular weight is 308 g/mol. The molecule has 1 aliphatic heterocycles. The molecule has 0 aromatic carbocycles. The van der Waals surface area contributed by atoms with E-state index in [-0.39, 0.29) is 12.1 Å². The molecule has 0 saturated carbocycles. The van der Waals surface area contributed by atoms with Crippen LogP contribution in [0.5, 0.6) is 0 Å². The first-order valence-electron chi connectivity index (χ1n) is 8.16. The van der Waals surface area contributed by atoms with Gasteiger partial charge in [-0.1, -0.05) is 0 Å². The van der Waals surface area contributed by atoms with Crippen LogP contribution in [0.15, 0.2) is 0 Å². The predicted octanol–water partition coefficient (Wildman–Crippen LogP) is 1.88. The molecule has 124 valence electrons. The maximum absolute atomic E-state index is 12.1. The first kappa shape index (κ1) is 16.8. The fourth-order valence-electron chi connectivity index (χ4n) is 2.93. The van der Waals surface area contributed by atoms with Gasteiger partial charge in [0.05, 0.1) is 11.8 Å². The van der Waals surface area contributed by atoms with Crippen LogP contribution in [0.3, 0.4) is 0 Å². The molecule has 2 heterocycles. The highest BCUT2D eigenvalue weighted by atomic mass is 16.5. The first-order chi connectivity index (χ1) is 10.5. The molecule has 2 amide bonds. The molecule has 1 fully saturated rings. The molecule has 22 heavy (non-hydrogen) atoms. The summed E-state index contributed by atoms with van der Waals surface area (Å²) in [6.45, 7) is 9.21. The standard InChI is InChI=1S/C16H28N4O2/c1-5-20-13(3)15(12(2)18-20)8-9-19(4)16(21)17-11-14-7-6-10-22-14/h14H,5-11H2,1-4H3,(H,17,21)/t14-/m0/s1. The van der Waals surface area contributed by atoms with Gasteiger partial charge in [0.15, 0.2) is 0 Å². The van der Waals surface area contributed by atoms with Gasteiger partial charge in [-0.05, 0) is 45.6 Å². The maximum atomic E-state index is 12.1. The van der Waals surface area contributed by atoms with Crippen molar-refractivity contribution in [3.63, 3.8) is 0 Å². The van der Waals surface area contributed by atoms with Crippen LogP contribution in [0, 0.1) is 13.8 Å². The third-order valence-electron chi connectivity index (χ3n) is 4.38. The molecule has 1 saturated heterocycles. The molecule has 0 radical (unpaired) electrons. The van der Waals surface area contributed by atoms with E-state index in [0.29, 0.717) is 13.1 Å². The molecule has 0 unspecified atom stereocenters. The highest BCUT2D eigenvalue weighted by Crippen LogP contribution is 2.14. The number of urea groups is 1. The smallest absolute Gasteiger partial charge is 0.317 e. The molecule has 1 aliphatic rings. The summed E-state index contributed by atoms with van der Waals surface area (Å²) in [5.74, 6) is 0. The number of nitrogens with zero attached hydrogens (tertiary/aromatic N) is 3. The van der Waals surface area contributed by atoms with Crippen LogP contribution in [-0.2, 0) is 17.7 Å². The maximum Gasteiger partial charge on any atom is 0.317 e. The van der Waals surface area contributed by atoms with Crippen molar-refractivity contribution in [1.82, 2.24) is 20.0 Å². The van der Waals surface area contributed by atoms with Crippen LogP contribution in [0.25, 0.3) is 0 Å². The fraction of sp³-hybridized carbons (Fsp3) is 0.750. The number of hydrogen-bond acceptors (Lipinski definition) is 3. The van der Waals surface area contributed by atoms with E-state index in [4.69, 9.17) is 4.74 Å². The molecule has 1 aromatic rings. The van der Waals surface area contributed by atoms with Crippen LogP contribution >= 0.6 is 0 Å². The van der Waals surface area contributed by atoms with Crippen molar-refractivity contribution in [2.24, 2.45) is 0 Å². The molecule has 6 heteroatoms. The number of rotatable bonds is 6. The number of carbonyl (C=O) groups is 1. The van der Waals surface area contributed by atoms with Crippen molar-refractivity contribution >= 4 is 6.03 Å². The Bertz CT molecular complexity index is 506. The average Bonchev–Trinajstić information content (AvgIpc) is 3.11. The second-order valence-corrected chi connectivity index (χ2v) is 5.96. The Balaban J connectivity index is 1.80. The Morgan fingerprint density at radius 2 is 2.27 bits per heavy atom. The van der Waals surface area contributed by atoms with Crippen molar-refractivity contribution < 1.29 is 9.53 Å². The molecule has 0 spiro atoms. The lowest BCUT2D eigenvalue weighted by Crippen LogP contribution is -2.41. The second-order valence-electron chi connectivity index (χ2n) is 5.96. The van der Waals surface area contributed by atoms with E-state index in [1.54, 1.807) is 4.90 Å². The van der Waals surface area contributed by atoms with Crippen molar-refractivity contribution in [2.45, 2.75) is 52.7 Å². The van der Waals surface area contributed by atoms with E-state index in [0.717, 1.165) is 38.1 Å². The zero-order chi connectivity index (χ0) is 16.1. The van der Waals surface area contributed by atoms with Crippen LogP contribution in [0.2, 0.25) is 0 Å². The van der Waals surface area contributed by atoms with E-state index in [1.165, 1.54) is 11.3 Å². The molecule has 1 atom stereocenters. The van der Waals surface area contributed by atoms with Crippen molar-refractivity contribution in [1.29, 1.82) is 0 Å². The van der Waals surface area contributed by atoms with Gasteiger partial charge in [0.25, 0.3) is 0 Å². The number of likely N-dealkylation sites (N-methyl/N-ethyl adjacent to an activating group) is 1. The lowest BCUT2D eigenvalue weighted by molar-refractivity contribution is 0.109. The summed E-state index contributed by atoms with van der Waals surface area (Å²) in [6, 6.07) is -0.0336. The Morgan fingerprint density at radius 3 is 2.86 bits per heavy atom. The van der Waals surface area contributed by atoms with Gasteiger partial charge >= 0.3 is 6.03 Å². The van der Waals surface area contributed by atoms with Gasteiger partial charge in [-0.2, -0.15) is 5.10 Å². The third kappa shape index (κ3) is 4.00. The molecule has 0 bridgehead atoms. The van der Waals surface area contributed by atoms with Crippen molar-refractivity contribution in [2.75, 3.05) is 26.7 Å². The minimum atomic E-state index is -0.0336. The number of carbonyl (C=O) groups excluding carboxylic acids is 1. The number of hydrogen-bond donors (Lipinski definition) is 1. The summed E-state index contributed by atoms with van der Waals surface area (Å²) >= 11 is 0. The van der Waals surface area contributed by atoms with Gasteiger partial charge in [0.1, 0.15) is 0 Å². The van der Waals surface area contributed by atoms with E-state index < -0.39 is 0 Å². The summed E-state index contributed by atoms with van der Waals surface area (Å²) in [4.78, 5) is 13.8. The van der Waals surface area contributed by atoms with E-state index >= 15 is 0 Å². The van der Waals surface area contributed by atoms with Gasteiger partial charge in [0.2, 0.25) is 0 Å². The Hall–Kier alpha value is -1.56. The third-order valence-corrected chi connectivity index (χ3v) is 4.38. The van der Waals surface area contributed by atoms with Crippen molar-refractivity contribution in [3.05, 3.63) is 17.0 Å². The molecule has 0 aliphatic carbocycles. The van der Waals surface area contributed by atoms with E-state index in [2.05, 4.69) is 24.3 Å². The molecular weight excluding hydrogens is 280 g/mol. The SMILES string of the molecule is CCn1nc(C)c(CCN(C)C(=O)NC[C@@H]2CCCO2)c1C. The molecule has 1 N–H and O–H groups in total. The van der Waals surface area contributed by atoms with Gasteiger partial charge in [-0.15, -0.1) is 0 Å². The highest BCUT2D eigenvalue weighted by molar-refractivity contribution is 5.73. The lowest BCUT2D eigenvalue weighted by atomic mass is 10.1. The zero-order valence-corrected chi connectivity index (χ0v) is 14.2. The molecule has 2 rings (SSSR count). The lowest BCUT2D eigenvalue weighted by Gasteiger charge is -2.19. The quantitative estimate of drug-likeness (QED) is 0.873. The summed E-state index contributed by atoms with van der Waals surface area (Å²) in [5, 5.41) is 7.47. The first-order valence-corrected chi connectivity index (χ1v) is 8.16. The van der Waals surface area contributed by atoms with Gasteiger partial charge < -0.3 is 15.0 Å². The summed E-state index contributed by atoms with van der Waals surface area (Å²) in [7, 11) is 1.83. The number of aromatic nitrogens is 2. The van der Waals surface area contributed by atoms with Crippen LogP contribution < -0.4 is 5.32 Å². The van der Waals surface area contributed by atoms with Crippen LogP contribution in [0.4, 0.5) is 4.79 Å². The monoisotopic (exact) mass is 308 g/mol. The Kier molecular flexibility index (Phi) is 5.83. The predicted molar refractivity (Wildman–Crippen MR) is 86.1 cm³/mol. The van der Waals surface area contributed by atoms with Crippen molar-refractivity contribution in [3.8, 4) is 0 Å². The van der Waals surface area contributed by atoms with Gasteiger partial charge in [0, 0.05) is 39.0 Å². The van der Waals surface area contributed by atoms with Crippen LogP contribution in [-0.4, -0.2) is 53.6 Å². The normalized spacial score (nSPS) is 17.7. The summed E-state index contributed by atoms with van der Waals surface area (Å²) in [5.41, 5.74) is 3.52. The number of amides is 2. The number of ether oxygens (including phenoxy) is 1. The van der Waals surface area contributed by atoms with E-state index in [9.17, 15) is 4.79 Å².